The summed E-state index contributed by atoms with van der Waals surface area (Å²) in [5.41, 5.74) is 1.48. The fraction of sp³-hybridized carbons (Fsp3) is 0.188. The topological polar surface area (TPSA) is 41.1 Å². The minimum Gasteiger partial charge on any atom is -0.324 e. The Hall–Kier alpha value is -1.26. The standard InChI is InChI=1S/C16H15Cl3N2O/c1-10(12-4-2-3-5-13(12)18)20-9-16(22)21-15-7-6-11(17)8-14(15)19/h2-8,10,20H,9H2,1H3,(H,21,22)/t10-/m0/s1. The van der Waals surface area contributed by atoms with Crippen molar-refractivity contribution in [1.82, 2.24) is 5.32 Å². The van der Waals surface area contributed by atoms with Crippen molar-refractivity contribution in [2.75, 3.05) is 11.9 Å². The Kier molecular flexibility index (Phi) is 6.09. The molecule has 2 aromatic carbocycles. The number of halogens is 3. The summed E-state index contributed by atoms with van der Waals surface area (Å²) >= 11 is 18.0. The molecule has 116 valence electrons. The van der Waals surface area contributed by atoms with E-state index in [1.807, 2.05) is 31.2 Å². The third-order valence-corrected chi connectivity index (χ3v) is 4.04. The molecule has 0 unspecified atom stereocenters. The Morgan fingerprint density at radius 2 is 1.82 bits per heavy atom. The smallest absolute Gasteiger partial charge is 0.238 e. The first-order chi connectivity index (χ1) is 10.5. The molecule has 2 N–H and O–H groups in total. The van der Waals surface area contributed by atoms with Crippen molar-refractivity contribution in [1.29, 1.82) is 0 Å². The molecule has 0 fully saturated rings. The molecule has 2 rings (SSSR count). The van der Waals surface area contributed by atoms with Crippen molar-refractivity contribution >= 4 is 46.4 Å². The molecule has 0 saturated carbocycles. The van der Waals surface area contributed by atoms with Crippen LogP contribution >= 0.6 is 34.8 Å². The van der Waals surface area contributed by atoms with Gasteiger partial charge in [-0.1, -0.05) is 53.0 Å². The number of anilines is 1. The zero-order valence-corrected chi connectivity index (χ0v) is 14.1. The number of carbonyl (C=O) groups excluding carboxylic acids is 1. The number of nitrogens with one attached hydrogen (secondary N) is 2. The van der Waals surface area contributed by atoms with Crippen molar-refractivity contribution in [2.45, 2.75) is 13.0 Å². The van der Waals surface area contributed by atoms with E-state index in [2.05, 4.69) is 10.6 Å². The van der Waals surface area contributed by atoms with Gasteiger partial charge in [0.25, 0.3) is 0 Å². The summed E-state index contributed by atoms with van der Waals surface area (Å²) in [5.74, 6) is -0.192. The largest absolute Gasteiger partial charge is 0.324 e. The second-order valence-corrected chi connectivity index (χ2v) is 6.05. The van der Waals surface area contributed by atoms with Crippen LogP contribution < -0.4 is 10.6 Å². The molecule has 22 heavy (non-hydrogen) atoms. The Bertz CT molecular complexity index is 676. The number of hydrogen-bond acceptors (Lipinski definition) is 2. The summed E-state index contributed by atoms with van der Waals surface area (Å²) in [6.45, 7) is 2.09. The van der Waals surface area contributed by atoms with Crippen LogP contribution in [0.3, 0.4) is 0 Å². The highest BCUT2D eigenvalue weighted by Crippen LogP contribution is 2.25. The van der Waals surface area contributed by atoms with Gasteiger partial charge in [-0.25, -0.2) is 0 Å². The highest BCUT2D eigenvalue weighted by molar-refractivity contribution is 6.36. The lowest BCUT2D eigenvalue weighted by atomic mass is 10.1. The van der Waals surface area contributed by atoms with Gasteiger partial charge >= 0.3 is 0 Å². The highest BCUT2D eigenvalue weighted by Gasteiger charge is 2.11. The zero-order valence-electron chi connectivity index (χ0n) is 11.9. The summed E-state index contributed by atoms with van der Waals surface area (Å²) in [6, 6.07) is 12.4. The van der Waals surface area contributed by atoms with Crippen molar-refractivity contribution in [3.05, 3.63) is 63.1 Å². The van der Waals surface area contributed by atoms with Crippen LogP contribution in [0.25, 0.3) is 0 Å². The van der Waals surface area contributed by atoms with Crippen LogP contribution in [0.5, 0.6) is 0 Å². The van der Waals surface area contributed by atoms with Gasteiger partial charge in [0.2, 0.25) is 5.91 Å². The molecular weight excluding hydrogens is 343 g/mol. The van der Waals surface area contributed by atoms with E-state index in [1.165, 1.54) is 0 Å². The van der Waals surface area contributed by atoms with Crippen molar-refractivity contribution in [2.24, 2.45) is 0 Å². The van der Waals surface area contributed by atoms with Gasteiger partial charge in [-0.2, -0.15) is 0 Å². The van der Waals surface area contributed by atoms with Crippen LogP contribution in [0.15, 0.2) is 42.5 Å². The van der Waals surface area contributed by atoms with Crippen molar-refractivity contribution in [3.8, 4) is 0 Å². The van der Waals surface area contributed by atoms with E-state index in [0.717, 1.165) is 5.56 Å². The third kappa shape index (κ3) is 4.62. The minimum atomic E-state index is -0.192. The van der Waals surface area contributed by atoms with Crippen LogP contribution in [0, 0.1) is 0 Å². The minimum absolute atomic E-state index is 0.0415. The van der Waals surface area contributed by atoms with Gasteiger partial charge in [-0.15, -0.1) is 0 Å². The summed E-state index contributed by atoms with van der Waals surface area (Å²) in [5, 5.41) is 7.45. The molecule has 1 atom stereocenters. The lowest BCUT2D eigenvalue weighted by Gasteiger charge is -2.15. The molecular formula is C16H15Cl3N2O. The average molecular weight is 358 g/mol. The Morgan fingerprint density at radius 1 is 1.09 bits per heavy atom. The first kappa shape index (κ1) is 17.1. The first-order valence-corrected chi connectivity index (χ1v) is 7.83. The molecule has 0 aliphatic rings. The predicted octanol–water partition coefficient (Wildman–Crippen LogP) is 4.94. The number of rotatable bonds is 5. The SMILES string of the molecule is C[C@H](NCC(=O)Nc1ccc(Cl)cc1Cl)c1ccccc1Cl. The molecule has 0 aromatic heterocycles. The highest BCUT2D eigenvalue weighted by atomic mass is 35.5. The van der Waals surface area contributed by atoms with Crippen LogP contribution in [-0.2, 0) is 4.79 Å². The average Bonchev–Trinajstić information content (AvgIpc) is 2.48. The molecule has 3 nitrogen and oxygen atoms in total. The quantitative estimate of drug-likeness (QED) is 0.796. The summed E-state index contributed by atoms with van der Waals surface area (Å²) < 4.78 is 0. The van der Waals surface area contributed by atoms with Crippen LogP contribution in [0.2, 0.25) is 15.1 Å². The zero-order chi connectivity index (χ0) is 16.1. The Labute approximate surface area is 144 Å². The number of carbonyl (C=O) groups is 1. The number of hydrogen-bond donors (Lipinski definition) is 2. The molecule has 0 saturated heterocycles. The summed E-state index contributed by atoms with van der Waals surface area (Å²) in [7, 11) is 0. The monoisotopic (exact) mass is 356 g/mol. The fourth-order valence-electron chi connectivity index (χ4n) is 1.97. The molecule has 2 aromatic rings. The molecule has 1 amide bonds. The van der Waals surface area contributed by atoms with Crippen LogP contribution in [0.4, 0.5) is 5.69 Å². The van der Waals surface area contributed by atoms with E-state index >= 15 is 0 Å². The van der Waals surface area contributed by atoms with E-state index in [4.69, 9.17) is 34.8 Å². The van der Waals surface area contributed by atoms with Gasteiger partial charge in [0.15, 0.2) is 0 Å². The van der Waals surface area contributed by atoms with Crippen molar-refractivity contribution < 1.29 is 4.79 Å². The molecule has 0 radical (unpaired) electrons. The second-order valence-electron chi connectivity index (χ2n) is 4.80. The van der Waals surface area contributed by atoms with E-state index in [1.54, 1.807) is 18.2 Å². The summed E-state index contributed by atoms with van der Waals surface area (Å²) in [6.07, 6.45) is 0. The van der Waals surface area contributed by atoms with Gasteiger partial charge in [0.1, 0.15) is 0 Å². The van der Waals surface area contributed by atoms with Gasteiger partial charge in [0, 0.05) is 16.1 Å². The first-order valence-electron chi connectivity index (χ1n) is 6.70. The second kappa shape index (κ2) is 7.84. The third-order valence-electron chi connectivity index (χ3n) is 3.15. The predicted molar refractivity (Wildman–Crippen MR) is 93.0 cm³/mol. The fourth-order valence-corrected chi connectivity index (χ4v) is 2.72. The van der Waals surface area contributed by atoms with E-state index in [-0.39, 0.29) is 18.5 Å². The molecule has 0 bridgehead atoms. The van der Waals surface area contributed by atoms with Crippen LogP contribution in [0.1, 0.15) is 18.5 Å². The van der Waals surface area contributed by atoms with Gasteiger partial charge in [0.05, 0.1) is 17.3 Å². The van der Waals surface area contributed by atoms with E-state index < -0.39 is 0 Å². The maximum Gasteiger partial charge on any atom is 0.238 e. The molecule has 0 aliphatic heterocycles. The van der Waals surface area contributed by atoms with E-state index in [9.17, 15) is 4.79 Å². The Morgan fingerprint density at radius 3 is 2.50 bits per heavy atom. The molecule has 6 heteroatoms. The van der Waals surface area contributed by atoms with E-state index in [0.29, 0.717) is 20.8 Å². The lowest BCUT2D eigenvalue weighted by molar-refractivity contribution is -0.115. The normalized spacial score (nSPS) is 12.0. The van der Waals surface area contributed by atoms with Crippen LogP contribution in [-0.4, -0.2) is 12.5 Å². The van der Waals surface area contributed by atoms with Gasteiger partial charge < -0.3 is 10.6 Å². The maximum absolute atomic E-state index is 12.0. The maximum atomic E-state index is 12.0. The van der Waals surface area contributed by atoms with Crippen molar-refractivity contribution in [3.63, 3.8) is 0 Å². The van der Waals surface area contributed by atoms with Gasteiger partial charge in [-0.05, 0) is 36.8 Å². The molecule has 0 heterocycles. The lowest BCUT2D eigenvalue weighted by Crippen LogP contribution is -2.30. The Balaban J connectivity index is 1.91. The number of amides is 1. The van der Waals surface area contributed by atoms with Gasteiger partial charge in [-0.3, -0.25) is 4.79 Å². The molecule has 0 spiro atoms. The number of benzene rings is 2. The summed E-state index contributed by atoms with van der Waals surface area (Å²) in [4.78, 5) is 12.0. The molecule has 0 aliphatic carbocycles.